The van der Waals surface area contributed by atoms with Crippen LogP contribution in [0.3, 0.4) is 0 Å². The van der Waals surface area contributed by atoms with E-state index in [2.05, 4.69) is 25.7 Å². The third-order valence-corrected chi connectivity index (χ3v) is 4.79. The molecular formula is C18H20F3N7. The maximum absolute atomic E-state index is 12.8. The minimum atomic E-state index is -4.37. The van der Waals surface area contributed by atoms with E-state index in [1.807, 2.05) is 0 Å². The number of aromatic nitrogens is 4. The van der Waals surface area contributed by atoms with E-state index in [9.17, 15) is 13.2 Å². The molecule has 4 rings (SSSR count). The molecule has 0 amide bonds. The Hall–Kier alpha value is -2.88. The van der Waals surface area contributed by atoms with Crippen LogP contribution in [0.5, 0.6) is 0 Å². The molecule has 10 heteroatoms. The average Bonchev–Trinajstić information content (AvgIpc) is 3.44. The minimum absolute atomic E-state index is 0.0390. The van der Waals surface area contributed by atoms with E-state index in [-0.39, 0.29) is 6.04 Å². The first-order valence-electron chi connectivity index (χ1n) is 8.95. The molecule has 1 fully saturated rings. The molecule has 28 heavy (non-hydrogen) atoms. The van der Waals surface area contributed by atoms with E-state index < -0.39 is 11.7 Å². The van der Waals surface area contributed by atoms with Crippen molar-refractivity contribution in [3.05, 3.63) is 36.0 Å². The minimum Gasteiger partial charge on any atom is -0.353 e. The summed E-state index contributed by atoms with van der Waals surface area (Å²) < 4.78 is 39.9. The zero-order chi connectivity index (χ0) is 19.9. The van der Waals surface area contributed by atoms with Crippen molar-refractivity contribution in [2.45, 2.75) is 25.1 Å². The summed E-state index contributed by atoms with van der Waals surface area (Å²) in [6.45, 7) is 0.549. The zero-order valence-electron chi connectivity index (χ0n) is 15.2. The van der Waals surface area contributed by atoms with Crippen LogP contribution in [0.1, 0.15) is 18.4 Å². The van der Waals surface area contributed by atoms with Crippen LogP contribution in [0, 0.1) is 5.92 Å². The van der Waals surface area contributed by atoms with Crippen LogP contribution >= 0.6 is 0 Å². The van der Waals surface area contributed by atoms with Gasteiger partial charge in [0.05, 0.1) is 17.1 Å². The molecule has 2 heterocycles. The second-order valence-corrected chi connectivity index (χ2v) is 6.98. The van der Waals surface area contributed by atoms with E-state index in [0.29, 0.717) is 40.9 Å². The monoisotopic (exact) mass is 391 g/mol. The fourth-order valence-corrected chi connectivity index (χ4v) is 2.98. The average molecular weight is 391 g/mol. The lowest BCUT2D eigenvalue weighted by Crippen LogP contribution is -2.31. The second-order valence-electron chi connectivity index (χ2n) is 6.98. The summed E-state index contributed by atoms with van der Waals surface area (Å²) in [6, 6.07) is 4.82. The molecule has 1 aliphatic carbocycles. The van der Waals surface area contributed by atoms with Gasteiger partial charge in [0.15, 0.2) is 5.65 Å². The number of benzene rings is 1. The molecule has 1 aromatic carbocycles. The van der Waals surface area contributed by atoms with Gasteiger partial charge in [0.2, 0.25) is 5.95 Å². The molecular weight excluding hydrogens is 371 g/mol. The third-order valence-electron chi connectivity index (χ3n) is 4.79. The van der Waals surface area contributed by atoms with E-state index >= 15 is 0 Å². The Morgan fingerprint density at radius 2 is 1.93 bits per heavy atom. The Balaban J connectivity index is 1.59. The largest absolute Gasteiger partial charge is 0.416 e. The first kappa shape index (κ1) is 18.5. The molecule has 1 unspecified atom stereocenters. The number of aryl methyl sites for hydroxylation is 1. The normalized spacial score (nSPS) is 15.6. The van der Waals surface area contributed by atoms with Crippen LogP contribution in [0.4, 0.5) is 30.6 Å². The number of rotatable bonds is 6. The zero-order valence-corrected chi connectivity index (χ0v) is 15.2. The second kappa shape index (κ2) is 6.93. The van der Waals surface area contributed by atoms with Gasteiger partial charge < -0.3 is 16.4 Å². The van der Waals surface area contributed by atoms with Crippen LogP contribution in [0.15, 0.2) is 30.5 Å². The lowest BCUT2D eigenvalue weighted by atomic mass is 10.2. The van der Waals surface area contributed by atoms with Crippen molar-refractivity contribution in [1.29, 1.82) is 0 Å². The molecule has 1 saturated carbocycles. The standard InChI is InChI=1S/C18H20F3N7/c1-28-16-13(8-24-28)15(25-12-6-4-11(5-7-12)18(19,20)21)26-17(27-16)23-9-14(22)10-2-3-10/h4-8,10,14H,2-3,9,22H2,1H3,(H2,23,25,26,27). The van der Waals surface area contributed by atoms with Gasteiger partial charge in [-0.2, -0.15) is 28.2 Å². The summed E-state index contributed by atoms with van der Waals surface area (Å²) in [6.07, 6.45) is -0.473. The van der Waals surface area contributed by atoms with Crippen molar-refractivity contribution in [2.75, 3.05) is 17.2 Å². The Morgan fingerprint density at radius 1 is 1.21 bits per heavy atom. The number of halogens is 3. The number of nitrogens with one attached hydrogen (secondary N) is 2. The number of hydrogen-bond donors (Lipinski definition) is 3. The molecule has 7 nitrogen and oxygen atoms in total. The number of fused-ring (bicyclic) bond motifs is 1. The first-order chi connectivity index (χ1) is 13.3. The molecule has 148 valence electrons. The summed E-state index contributed by atoms with van der Waals surface area (Å²) in [5, 5.41) is 11.1. The van der Waals surface area contributed by atoms with E-state index in [1.54, 1.807) is 17.9 Å². The molecule has 3 aromatic rings. The number of alkyl halides is 3. The van der Waals surface area contributed by atoms with Crippen molar-refractivity contribution in [3.63, 3.8) is 0 Å². The summed E-state index contributed by atoms with van der Waals surface area (Å²) in [4.78, 5) is 8.94. The van der Waals surface area contributed by atoms with Crippen LogP contribution in [0.25, 0.3) is 11.0 Å². The predicted molar refractivity (Wildman–Crippen MR) is 100 cm³/mol. The van der Waals surface area contributed by atoms with Crippen molar-refractivity contribution in [3.8, 4) is 0 Å². The molecule has 0 bridgehead atoms. The molecule has 0 aliphatic heterocycles. The highest BCUT2D eigenvalue weighted by Gasteiger charge is 2.30. The SMILES string of the molecule is Cn1ncc2c(Nc3ccc(C(F)(F)F)cc3)nc(NCC(N)C3CC3)nc21. The van der Waals surface area contributed by atoms with Crippen molar-refractivity contribution in [1.82, 2.24) is 19.7 Å². The molecule has 0 saturated heterocycles. The number of anilines is 3. The highest BCUT2D eigenvalue weighted by Crippen LogP contribution is 2.32. The van der Waals surface area contributed by atoms with Gasteiger partial charge in [-0.15, -0.1) is 0 Å². The van der Waals surface area contributed by atoms with Crippen LogP contribution in [0.2, 0.25) is 0 Å². The van der Waals surface area contributed by atoms with Crippen molar-refractivity contribution < 1.29 is 13.2 Å². The maximum atomic E-state index is 12.8. The van der Waals surface area contributed by atoms with Gasteiger partial charge in [-0.25, -0.2) is 0 Å². The van der Waals surface area contributed by atoms with Crippen LogP contribution in [-0.2, 0) is 13.2 Å². The molecule has 1 aliphatic rings. The maximum Gasteiger partial charge on any atom is 0.416 e. The number of nitrogens with zero attached hydrogens (tertiary/aromatic N) is 4. The molecule has 4 N–H and O–H groups in total. The van der Waals surface area contributed by atoms with Crippen LogP contribution in [-0.4, -0.2) is 32.3 Å². The summed E-state index contributed by atoms with van der Waals surface area (Å²) in [5.41, 5.74) is 6.50. The number of nitrogens with two attached hydrogens (primary N) is 1. The Bertz CT molecular complexity index is 977. The van der Waals surface area contributed by atoms with Gasteiger partial charge in [-0.3, -0.25) is 4.68 Å². The van der Waals surface area contributed by atoms with Gasteiger partial charge in [-0.05, 0) is 43.0 Å². The highest BCUT2D eigenvalue weighted by atomic mass is 19.4. The van der Waals surface area contributed by atoms with Crippen molar-refractivity contribution in [2.24, 2.45) is 18.7 Å². The lowest BCUT2D eigenvalue weighted by molar-refractivity contribution is -0.137. The third kappa shape index (κ3) is 3.86. The Morgan fingerprint density at radius 3 is 2.57 bits per heavy atom. The van der Waals surface area contributed by atoms with Gasteiger partial charge in [0.1, 0.15) is 5.82 Å². The predicted octanol–water partition coefficient (Wildman–Crippen LogP) is 3.27. The topological polar surface area (TPSA) is 93.7 Å². The molecule has 1 atom stereocenters. The molecule has 0 spiro atoms. The van der Waals surface area contributed by atoms with Crippen LogP contribution < -0.4 is 16.4 Å². The van der Waals surface area contributed by atoms with Gasteiger partial charge >= 0.3 is 6.18 Å². The van der Waals surface area contributed by atoms with Gasteiger partial charge in [0.25, 0.3) is 0 Å². The number of hydrogen-bond acceptors (Lipinski definition) is 6. The fourth-order valence-electron chi connectivity index (χ4n) is 2.98. The molecule has 2 aromatic heterocycles. The summed E-state index contributed by atoms with van der Waals surface area (Å²) in [7, 11) is 1.76. The van der Waals surface area contributed by atoms with Gasteiger partial charge in [-0.1, -0.05) is 0 Å². The summed E-state index contributed by atoms with van der Waals surface area (Å²) >= 11 is 0. The lowest BCUT2D eigenvalue weighted by Gasteiger charge is -2.14. The van der Waals surface area contributed by atoms with E-state index in [1.165, 1.54) is 12.1 Å². The molecule has 0 radical (unpaired) electrons. The Kier molecular flexibility index (Phi) is 4.58. The summed E-state index contributed by atoms with van der Waals surface area (Å²) in [5.74, 6) is 1.39. The van der Waals surface area contributed by atoms with E-state index in [0.717, 1.165) is 25.0 Å². The first-order valence-corrected chi connectivity index (χ1v) is 8.95. The smallest absolute Gasteiger partial charge is 0.353 e. The van der Waals surface area contributed by atoms with Crippen molar-refractivity contribution >= 4 is 28.5 Å². The van der Waals surface area contributed by atoms with Gasteiger partial charge in [0, 0.05) is 25.3 Å². The Labute approximate surface area is 159 Å². The van der Waals surface area contributed by atoms with E-state index in [4.69, 9.17) is 5.73 Å². The highest BCUT2D eigenvalue weighted by molar-refractivity contribution is 5.89. The fraction of sp³-hybridized carbons (Fsp3) is 0.389. The quantitative estimate of drug-likeness (QED) is 0.597.